The molecule has 8 nitrogen and oxygen atoms in total. The highest BCUT2D eigenvalue weighted by Crippen LogP contribution is 2.44. The Morgan fingerprint density at radius 2 is 1.97 bits per heavy atom. The van der Waals surface area contributed by atoms with Gasteiger partial charge >= 0.3 is 6.18 Å². The highest BCUT2D eigenvalue weighted by Gasteiger charge is 2.51. The molecule has 1 aromatic heterocycles. The van der Waals surface area contributed by atoms with Crippen LogP contribution in [0.4, 0.5) is 13.2 Å². The van der Waals surface area contributed by atoms with Crippen LogP contribution in [0.25, 0.3) is 0 Å². The molecular formula is C17H20F3N3O5S. The van der Waals surface area contributed by atoms with Gasteiger partial charge < -0.3 is 15.4 Å². The third-order valence-corrected chi connectivity index (χ3v) is 6.67. The molecule has 2 fully saturated rings. The summed E-state index contributed by atoms with van der Waals surface area (Å²) in [5, 5.41) is 4.88. The summed E-state index contributed by atoms with van der Waals surface area (Å²) in [6, 6.07) is 1.12. The van der Waals surface area contributed by atoms with Gasteiger partial charge in [0.15, 0.2) is 16.4 Å². The van der Waals surface area contributed by atoms with Crippen molar-refractivity contribution in [3.05, 3.63) is 23.5 Å². The fourth-order valence-electron chi connectivity index (χ4n) is 3.28. The second-order valence-corrected chi connectivity index (χ2v) is 9.47. The summed E-state index contributed by atoms with van der Waals surface area (Å²) in [4.78, 5) is 28.3. The third-order valence-electron chi connectivity index (χ3n) is 4.69. The molecule has 2 amide bonds. The summed E-state index contributed by atoms with van der Waals surface area (Å²) < 4.78 is 65.7. The van der Waals surface area contributed by atoms with E-state index in [2.05, 4.69) is 15.6 Å². The molecule has 1 saturated heterocycles. The normalized spacial score (nSPS) is 19.7. The molecule has 0 radical (unpaired) electrons. The summed E-state index contributed by atoms with van der Waals surface area (Å²) in [7, 11) is -2.00. The number of nitrogens with zero attached hydrogens (tertiary/aromatic N) is 1. The smallest absolute Gasteiger partial charge is 0.422 e. The Kier molecular flexibility index (Phi) is 5.50. The van der Waals surface area contributed by atoms with Crippen molar-refractivity contribution in [1.29, 1.82) is 0 Å². The Morgan fingerprint density at radius 1 is 1.31 bits per heavy atom. The number of alkyl halides is 3. The van der Waals surface area contributed by atoms with E-state index in [1.54, 1.807) is 0 Å². The number of aromatic nitrogens is 1. The van der Waals surface area contributed by atoms with Crippen LogP contribution in [0.15, 0.2) is 12.3 Å². The van der Waals surface area contributed by atoms with Crippen LogP contribution in [0.1, 0.15) is 41.2 Å². The maximum Gasteiger partial charge on any atom is 0.422 e. The Hall–Kier alpha value is -2.37. The summed E-state index contributed by atoms with van der Waals surface area (Å²) in [5.41, 5.74) is -0.996. The maximum atomic E-state index is 12.6. The molecule has 0 aromatic carbocycles. The monoisotopic (exact) mass is 435 g/mol. The number of halogens is 3. The molecule has 2 heterocycles. The molecular weight excluding hydrogens is 415 g/mol. The number of hydrogen-bond acceptors (Lipinski definition) is 6. The molecule has 1 aromatic rings. The van der Waals surface area contributed by atoms with E-state index in [-0.39, 0.29) is 23.8 Å². The molecule has 0 unspecified atom stereocenters. The fraction of sp³-hybridized carbons (Fsp3) is 0.588. The summed E-state index contributed by atoms with van der Waals surface area (Å²) in [6.45, 7) is -1.50. The van der Waals surface area contributed by atoms with Gasteiger partial charge in [-0.3, -0.25) is 14.6 Å². The maximum absolute atomic E-state index is 12.6. The van der Waals surface area contributed by atoms with Crippen molar-refractivity contribution in [2.24, 2.45) is 0 Å². The number of carbonyl (C=O) groups excluding carboxylic acids is 2. The lowest BCUT2D eigenvalue weighted by atomic mass is 9.98. The van der Waals surface area contributed by atoms with E-state index in [0.717, 1.165) is 18.9 Å². The minimum absolute atomic E-state index is 0.0409. The van der Waals surface area contributed by atoms with Crippen molar-refractivity contribution in [2.75, 3.05) is 25.2 Å². The lowest BCUT2D eigenvalue weighted by Crippen LogP contribution is -2.66. The van der Waals surface area contributed by atoms with Gasteiger partial charge in [0.2, 0.25) is 5.91 Å². The molecule has 1 saturated carbocycles. The van der Waals surface area contributed by atoms with Crippen LogP contribution >= 0.6 is 0 Å². The number of ether oxygens (including phenoxy) is 1. The molecule has 0 bridgehead atoms. The van der Waals surface area contributed by atoms with Crippen LogP contribution in [-0.4, -0.2) is 62.1 Å². The van der Waals surface area contributed by atoms with Crippen molar-refractivity contribution >= 4 is 21.7 Å². The van der Waals surface area contributed by atoms with Gasteiger partial charge in [0, 0.05) is 24.9 Å². The number of sulfone groups is 1. The molecule has 1 aliphatic carbocycles. The number of rotatable bonds is 7. The van der Waals surface area contributed by atoms with E-state index >= 15 is 0 Å². The Bertz CT molecular complexity index is 917. The van der Waals surface area contributed by atoms with Crippen molar-refractivity contribution in [3.63, 3.8) is 0 Å². The van der Waals surface area contributed by atoms with Crippen LogP contribution in [0.5, 0.6) is 5.75 Å². The van der Waals surface area contributed by atoms with Gasteiger partial charge in [-0.2, -0.15) is 13.2 Å². The standard InChI is InChI=1S/C17H20F3N3O5S/c1-21-14(24)5-16(8-29(26,27)9-16)23-15(25)12-4-13(28-7-17(18,19)20)11(6-22-12)10-2-3-10/h4,6,10H,2-3,5,7-9H2,1H3,(H,21,24)(H,23,25). The van der Waals surface area contributed by atoms with Crippen molar-refractivity contribution in [1.82, 2.24) is 15.6 Å². The predicted molar refractivity (Wildman–Crippen MR) is 95.3 cm³/mol. The van der Waals surface area contributed by atoms with E-state index < -0.39 is 51.5 Å². The average molecular weight is 435 g/mol. The Balaban J connectivity index is 1.79. The van der Waals surface area contributed by atoms with Gasteiger partial charge in [0.1, 0.15) is 11.4 Å². The van der Waals surface area contributed by atoms with Crippen molar-refractivity contribution in [3.8, 4) is 5.75 Å². The number of nitrogens with one attached hydrogen (secondary N) is 2. The highest BCUT2D eigenvalue weighted by atomic mass is 32.2. The average Bonchev–Trinajstić information content (AvgIpc) is 3.42. The van der Waals surface area contributed by atoms with E-state index in [4.69, 9.17) is 4.74 Å². The van der Waals surface area contributed by atoms with E-state index in [9.17, 15) is 31.2 Å². The largest absolute Gasteiger partial charge is 0.484 e. The SMILES string of the molecule is CNC(=O)CC1(NC(=O)c2cc(OCC(F)(F)F)c(C3CC3)cn2)CS(=O)(=O)C1. The minimum Gasteiger partial charge on any atom is -0.484 e. The molecule has 12 heteroatoms. The van der Waals surface area contributed by atoms with Crippen LogP contribution in [0.2, 0.25) is 0 Å². The van der Waals surface area contributed by atoms with Gasteiger partial charge in [0.25, 0.3) is 5.91 Å². The van der Waals surface area contributed by atoms with Gasteiger partial charge in [-0.1, -0.05) is 0 Å². The lowest BCUT2D eigenvalue weighted by molar-refractivity contribution is -0.153. The fourth-order valence-corrected chi connectivity index (χ4v) is 5.22. The number of pyridine rings is 1. The van der Waals surface area contributed by atoms with Crippen LogP contribution < -0.4 is 15.4 Å². The molecule has 29 heavy (non-hydrogen) atoms. The Labute approximate surface area is 165 Å². The van der Waals surface area contributed by atoms with Gasteiger partial charge in [-0.05, 0) is 18.8 Å². The van der Waals surface area contributed by atoms with E-state index in [0.29, 0.717) is 5.56 Å². The van der Waals surface area contributed by atoms with Crippen LogP contribution in [-0.2, 0) is 14.6 Å². The van der Waals surface area contributed by atoms with Crippen molar-refractivity contribution in [2.45, 2.75) is 36.9 Å². The van der Waals surface area contributed by atoms with E-state index in [1.807, 2.05) is 0 Å². The van der Waals surface area contributed by atoms with Crippen LogP contribution in [0.3, 0.4) is 0 Å². The quantitative estimate of drug-likeness (QED) is 0.659. The number of hydrogen-bond donors (Lipinski definition) is 2. The first-order valence-corrected chi connectivity index (χ1v) is 10.7. The zero-order valence-electron chi connectivity index (χ0n) is 15.5. The van der Waals surface area contributed by atoms with Gasteiger partial charge in [-0.15, -0.1) is 0 Å². The van der Waals surface area contributed by atoms with Gasteiger partial charge in [0.05, 0.1) is 23.5 Å². The molecule has 160 valence electrons. The third kappa shape index (κ3) is 5.37. The lowest BCUT2D eigenvalue weighted by Gasteiger charge is -2.41. The molecule has 1 aliphatic heterocycles. The second kappa shape index (κ2) is 7.47. The second-order valence-electron chi connectivity index (χ2n) is 7.40. The topological polar surface area (TPSA) is 114 Å². The first kappa shape index (κ1) is 21.3. The molecule has 0 atom stereocenters. The summed E-state index contributed by atoms with van der Waals surface area (Å²) in [6.07, 6.45) is -1.89. The molecule has 0 spiro atoms. The number of carbonyl (C=O) groups is 2. The summed E-state index contributed by atoms with van der Waals surface area (Å²) in [5.74, 6) is -2.09. The zero-order valence-corrected chi connectivity index (χ0v) is 16.3. The van der Waals surface area contributed by atoms with Gasteiger partial charge in [-0.25, -0.2) is 8.42 Å². The van der Waals surface area contributed by atoms with Crippen molar-refractivity contribution < 1.29 is 35.9 Å². The Morgan fingerprint density at radius 3 is 2.48 bits per heavy atom. The zero-order chi connectivity index (χ0) is 21.4. The molecule has 2 N–H and O–H groups in total. The molecule has 2 aliphatic rings. The predicted octanol–water partition coefficient (Wildman–Crippen LogP) is 0.933. The van der Waals surface area contributed by atoms with E-state index in [1.165, 1.54) is 13.2 Å². The highest BCUT2D eigenvalue weighted by molar-refractivity contribution is 7.93. The first-order chi connectivity index (χ1) is 13.4. The minimum atomic E-state index is -4.54. The summed E-state index contributed by atoms with van der Waals surface area (Å²) >= 11 is 0. The molecule has 3 rings (SSSR count). The first-order valence-electron chi connectivity index (χ1n) is 8.85. The van der Waals surface area contributed by atoms with Crippen LogP contribution in [0, 0.1) is 0 Å². The number of amides is 2.